The highest BCUT2D eigenvalue weighted by molar-refractivity contribution is 5.95. The Balaban J connectivity index is 1.51. The van der Waals surface area contributed by atoms with Gasteiger partial charge in [0.2, 0.25) is 0 Å². The summed E-state index contributed by atoms with van der Waals surface area (Å²) in [5.74, 6) is 1.25. The average Bonchev–Trinajstić information content (AvgIpc) is 3.21. The van der Waals surface area contributed by atoms with Crippen LogP contribution in [0.2, 0.25) is 0 Å². The predicted molar refractivity (Wildman–Crippen MR) is 99.8 cm³/mol. The molecule has 5 heteroatoms. The van der Waals surface area contributed by atoms with E-state index in [1.165, 1.54) is 12.8 Å². The number of nitrogens with one attached hydrogen (secondary N) is 1. The summed E-state index contributed by atoms with van der Waals surface area (Å²) in [6.45, 7) is 4.09. The topological polar surface area (TPSA) is 50.8 Å². The van der Waals surface area contributed by atoms with Crippen molar-refractivity contribution < 1.29 is 14.3 Å². The Morgan fingerprint density at radius 2 is 1.73 bits per heavy atom. The van der Waals surface area contributed by atoms with E-state index < -0.39 is 0 Å². The quantitative estimate of drug-likeness (QED) is 0.899. The molecule has 0 radical (unpaired) electrons. The average molecular weight is 352 g/mol. The van der Waals surface area contributed by atoms with E-state index in [4.69, 9.17) is 9.47 Å². The first-order chi connectivity index (χ1) is 12.8. The smallest absolute Gasteiger partial charge is 0.251 e. The lowest BCUT2D eigenvalue weighted by atomic mass is 10.1. The summed E-state index contributed by atoms with van der Waals surface area (Å²) < 4.78 is 11.1. The van der Waals surface area contributed by atoms with E-state index in [9.17, 15) is 4.79 Å². The number of carbonyl (C=O) groups is 1. The summed E-state index contributed by atoms with van der Waals surface area (Å²) >= 11 is 0. The summed E-state index contributed by atoms with van der Waals surface area (Å²) in [5, 5.41) is 3.21. The molecule has 0 spiro atoms. The molecule has 0 aliphatic carbocycles. The van der Waals surface area contributed by atoms with Crippen LogP contribution in [0.4, 0.5) is 0 Å². The fraction of sp³-hybridized carbons (Fsp3) is 0.381. The molecular weight excluding hydrogens is 328 g/mol. The third kappa shape index (κ3) is 3.83. The third-order valence-corrected chi connectivity index (χ3v) is 4.95. The molecule has 1 amide bonds. The van der Waals surface area contributed by atoms with Crippen LogP contribution in [0, 0.1) is 0 Å². The van der Waals surface area contributed by atoms with Gasteiger partial charge < -0.3 is 19.7 Å². The zero-order valence-electron chi connectivity index (χ0n) is 14.8. The van der Waals surface area contributed by atoms with Crippen molar-refractivity contribution in [2.45, 2.75) is 18.9 Å². The van der Waals surface area contributed by atoms with Gasteiger partial charge in [-0.1, -0.05) is 30.3 Å². The van der Waals surface area contributed by atoms with Crippen molar-refractivity contribution >= 4 is 5.91 Å². The lowest BCUT2D eigenvalue weighted by Gasteiger charge is -2.25. The Kier molecular flexibility index (Phi) is 5.07. The van der Waals surface area contributed by atoms with E-state index in [0.29, 0.717) is 30.3 Å². The maximum Gasteiger partial charge on any atom is 0.251 e. The molecule has 136 valence electrons. The van der Waals surface area contributed by atoms with Crippen LogP contribution in [-0.2, 0) is 0 Å². The molecule has 0 bridgehead atoms. The Bertz CT molecular complexity index is 757. The minimum absolute atomic E-state index is 0.0324. The largest absolute Gasteiger partial charge is 0.486 e. The first kappa shape index (κ1) is 16.9. The van der Waals surface area contributed by atoms with Gasteiger partial charge in [-0.25, -0.2) is 0 Å². The van der Waals surface area contributed by atoms with E-state index >= 15 is 0 Å². The second kappa shape index (κ2) is 7.79. The molecule has 1 atom stereocenters. The standard InChI is InChI=1S/C21H24N2O3/c24-21(17-8-9-19-20(14-17)26-13-12-25-19)22-18(15-23-10-4-5-11-23)16-6-2-1-3-7-16/h1-3,6-9,14,18H,4-5,10-13,15H2,(H,22,24). The normalized spacial score (nSPS) is 17.7. The number of rotatable bonds is 5. The lowest BCUT2D eigenvalue weighted by Crippen LogP contribution is -2.37. The highest BCUT2D eigenvalue weighted by Crippen LogP contribution is 2.31. The number of hydrogen-bond acceptors (Lipinski definition) is 4. The fourth-order valence-corrected chi connectivity index (χ4v) is 3.57. The molecule has 2 aliphatic heterocycles. The SMILES string of the molecule is O=C(NC(CN1CCCC1)c1ccccc1)c1ccc2c(c1)OCCO2. The van der Waals surface area contributed by atoms with E-state index in [0.717, 1.165) is 25.2 Å². The van der Waals surface area contributed by atoms with Crippen molar-refractivity contribution in [2.75, 3.05) is 32.8 Å². The van der Waals surface area contributed by atoms with Crippen molar-refractivity contribution in [1.82, 2.24) is 10.2 Å². The van der Waals surface area contributed by atoms with Crippen LogP contribution in [0.15, 0.2) is 48.5 Å². The van der Waals surface area contributed by atoms with Gasteiger partial charge in [-0.2, -0.15) is 0 Å². The van der Waals surface area contributed by atoms with Gasteiger partial charge in [0.15, 0.2) is 11.5 Å². The Labute approximate surface area is 153 Å². The summed E-state index contributed by atoms with van der Waals surface area (Å²) in [5.41, 5.74) is 1.72. The molecule has 1 saturated heterocycles. The number of ether oxygens (including phenoxy) is 2. The van der Waals surface area contributed by atoms with Crippen LogP contribution >= 0.6 is 0 Å². The fourth-order valence-electron chi connectivity index (χ4n) is 3.57. The van der Waals surface area contributed by atoms with Crippen molar-refractivity contribution in [3.63, 3.8) is 0 Å². The van der Waals surface area contributed by atoms with Gasteiger partial charge in [-0.05, 0) is 49.7 Å². The van der Waals surface area contributed by atoms with Gasteiger partial charge in [0, 0.05) is 12.1 Å². The molecule has 0 saturated carbocycles. The molecule has 2 aliphatic rings. The number of hydrogen-bond donors (Lipinski definition) is 1. The van der Waals surface area contributed by atoms with Crippen LogP contribution in [0.25, 0.3) is 0 Å². The maximum absolute atomic E-state index is 12.9. The van der Waals surface area contributed by atoms with E-state index in [2.05, 4.69) is 22.3 Å². The van der Waals surface area contributed by atoms with Crippen molar-refractivity contribution in [1.29, 1.82) is 0 Å². The first-order valence-electron chi connectivity index (χ1n) is 9.27. The lowest BCUT2D eigenvalue weighted by molar-refractivity contribution is 0.0926. The molecule has 1 fully saturated rings. The predicted octanol–water partition coefficient (Wildman–Crippen LogP) is 3.02. The van der Waals surface area contributed by atoms with Crippen LogP contribution in [0.1, 0.15) is 34.8 Å². The Hall–Kier alpha value is -2.53. The molecule has 0 aromatic heterocycles. The van der Waals surface area contributed by atoms with Crippen LogP contribution in [0.3, 0.4) is 0 Å². The number of likely N-dealkylation sites (tertiary alicyclic amines) is 1. The Morgan fingerprint density at radius 3 is 2.50 bits per heavy atom. The molecule has 26 heavy (non-hydrogen) atoms. The van der Waals surface area contributed by atoms with Gasteiger partial charge in [-0.3, -0.25) is 4.79 Å². The minimum Gasteiger partial charge on any atom is -0.486 e. The zero-order chi connectivity index (χ0) is 17.8. The van der Waals surface area contributed by atoms with E-state index in [1.54, 1.807) is 18.2 Å². The van der Waals surface area contributed by atoms with Crippen molar-refractivity contribution in [2.24, 2.45) is 0 Å². The van der Waals surface area contributed by atoms with Gasteiger partial charge in [0.1, 0.15) is 13.2 Å². The first-order valence-corrected chi connectivity index (χ1v) is 9.27. The molecule has 4 rings (SSSR count). The molecule has 1 unspecified atom stereocenters. The molecule has 2 aromatic rings. The zero-order valence-corrected chi connectivity index (χ0v) is 14.8. The minimum atomic E-state index is -0.0879. The van der Waals surface area contributed by atoms with Crippen LogP contribution in [-0.4, -0.2) is 43.7 Å². The number of benzene rings is 2. The van der Waals surface area contributed by atoms with Crippen molar-refractivity contribution in [3.8, 4) is 11.5 Å². The molecule has 5 nitrogen and oxygen atoms in total. The number of carbonyl (C=O) groups excluding carboxylic acids is 1. The summed E-state index contributed by atoms with van der Waals surface area (Å²) in [4.78, 5) is 15.3. The number of amides is 1. The summed E-state index contributed by atoms with van der Waals surface area (Å²) in [6.07, 6.45) is 2.47. The summed E-state index contributed by atoms with van der Waals surface area (Å²) in [7, 11) is 0. The molecule has 1 N–H and O–H groups in total. The number of nitrogens with zero attached hydrogens (tertiary/aromatic N) is 1. The van der Waals surface area contributed by atoms with Crippen LogP contribution < -0.4 is 14.8 Å². The second-order valence-corrected chi connectivity index (χ2v) is 6.80. The van der Waals surface area contributed by atoms with Gasteiger partial charge >= 0.3 is 0 Å². The monoisotopic (exact) mass is 352 g/mol. The second-order valence-electron chi connectivity index (χ2n) is 6.80. The maximum atomic E-state index is 12.9. The third-order valence-electron chi connectivity index (χ3n) is 4.95. The molecule has 2 aromatic carbocycles. The van der Waals surface area contributed by atoms with E-state index in [1.807, 2.05) is 18.2 Å². The van der Waals surface area contributed by atoms with Gasteiger partial charge in [0.25, 0.3) is 5.91 Å². The Morgan fingerprint density at radius 1 is 1.00 bits per heavy atom. The highest BCUT2D eigenvalue weighted by atomic mass is 16.6. The van der Waals surface area contributed by atoms with Gasteiger partial charge in [0.05, 0.1) is 6.04 Å². The number of fused-ring (bicyclic) bond motifs is 1. The summed E-state index contributed by atoms with van der Waals surface area (Å²) in [6, 6.07) is 15.5. The molecular formula is C21H24N2O3. The van der Waals surface area contributed by atoms with E-state index in [-0.39, 0.29) is 11.9 Å². The van der Waals surface area contributed by atoms with Crippen LogP contribution in [0.5, 0.6) is 11.5 Å². The molecule has 2 heterocycles. The van der Waals surface area contributed by atoms with Crippen molar-refractivity contribution in [3.05, 3.63) is 59.7 Å². The highest BCUT2D eigenvalue weighted by Gasteiger charge is 2.22. The van der Waals surface area contributed by atoms with Gasteiger partial charge in [-0.15, -0.1) is 0 Å².